The predicted molar refractivity (Wildman–Crippen MR) is 49.9 cm³/mol. The van der Waals surface area contributed by atoms with Crippen LogP contribution in [0, 0.1) is 6.92 Å². The monoisotopic (exact) mass is 183 g/mol. The molecule has 0 aromatic carbocycles. The molecule has 0 saturated heterocycles. The van der Waals surface area contributed by atoms with Crippen molar-refractivity contribution in [1.29, 1.82) is 0 Å². The lowest BCUT2D eigenvalue weighted by Crippen LogP contribution is -2.31. The van der Waals surface area contributed by atoms with Gasteiger partial charge in [0.05, 0.1) is 7.11 Å². The van der Waals surface area contributed by atoms with Crippen LogP contribution in [0.1, 0.15) is 6.42 Å². The Morgan fingerprint density at radius 2 is 1.85 bits per heavy atom. The van der Waals surface area contributed by atoms with Crippen LogP contribution in [0.15, 0.2) is 23.5 Å². The highest BCUT2D eigenvalue weighted by Crippen LogP contribution is 2.28. The van der Waals surface area contributed by atoms with Crippen LogP contribution in [0.3, 0.4) is 0 Å². The van der Waals surface area contributed by atoms with Crippen molar-refractivity contribution < 1.29 is 14.2 Å². The number of hydrogen-bond acceptors (Lipinski definition) is 3. The highest BCUT2D eigenvalue weighted by atomic mass is 16.7. The number of methoxy groups -OCH3 is 3. The second-order valence-corrected chi connectivity index (χ2v) is 2.92. The molecule has 0 unspecified atom stereocenters. The van der Waals surface area contributed by atoms with Crippen molar-refractivity contribution in [1.82, 2.24) is 0 Å². The van der Waals surface area contributed by atoms with Gasteiger partial charge in [-0.15, -0.1) is 0 Å². The fraction of sp³-hybridized carbons (Fsp3) is 0.500. The predicted octanol–water partition coefficient (Wildman–Crippen LogP) is 1.67. The molecule has 0 bridgehead atoms. The Kier molecular flexibility index (Phi) is 3.12. The van der Waals surface area contributed by atoms with Crippen LogP contribution in [0.2, 0.25) is 0 Å². The van der Waals surface area contributed by atoms with Crippen molar-refractivity contribution in [2.75, 3.05) is 21.3 Å². The third-order valence-corrected chi connectivity index (χ3v) is 2.07. The van der Waals surface area contributed by atoms with Gasteiger partial charge in [0.15, 0.2) is 0 Å². The Labute approximate surface area is 79.0 Å². The van der Waals surface area contributed by atoms with Crippen LogP contribution in [0.5, 0.6) is 0 Å². The van der Waals surface area contributed by atoms with Crippen LogP contribution in [-0.4, -0.2) is 27.1 Å². The van der Waals surface area contributed by atoms with Gasteiger partial charge < -0.3 is 14.2 Å². The van der Waals surface area contributed by atoms with Crippen LogP contribution in [0.4, 0.5) is 0 Å². The first-order chi connectivity index (χ1) is 6.15. The van der Waals surface area contributed by atoms with Crippen molar-refractivity contribution in [2.24, 2.45) is 0 Å². The molecule has 0 spiro atoms. The molecule has 0 saturated carbocycles. The first-order valence-corrected chi connectivity index (χ1v) is 4.05. The summed E-state index contributed by atoms with van der Waals surface area (Å²) in [5, 5.41) is 0. The molecule has 1 aliphatic rings. The molecule has 0 fully saturated rings. The molecule has 1 aliphatic carbocycles. The minimum absolute atomic E-state index is 0.713. The van der Waals surface area contributed by atoms with E-state index in [9.17, 15) is 0 Å². The summed E-state index contributed by atoms with van der Waals surface area (Å²) in [6.45, 7) is 3.87. The van der Waals surface area contributed by atoms with Crippen molar-refractivity contribution >= 4 is 0 Å². The van der Waals surface area contributed by atoms with E-state index in [2.05, 4.69) is 6.92 Å². The molecule has 0 amide bonds. The lowest BCUT2D eigenvalue weighted by atomic mass is 10.0. The smallest absolute Gasteiger partial charge is 0.211 e. The lowest BCUT2D eigenvalue weighted by molar-refractivity contribution is -0.136. The summed E-state index contributed by atoms with van der Waals surface area (Å²) < 4.78 is 15.6. The van der Waals surface area contributed by atoms with Gasteiger partial charge in [-0.1, -0.05) is 5.57 Å². The maximum absolute atomic E-state index is 5.24. The molecule has 0 atom stereocenters. The SMILES string of the molecule is [CH2]C1=CC(OC)(OC)C=C(OC)C1. The van der Waals surface area contributed by atoms with Crippen molar-refractivity contribution in [3.8, 4) is 0 Å². The number of hydrogen-bond donors (Lipinski definition) is 0. The minimum Gasteiger partial charge on any atom is -0.501 e. The second-order valence-electron chi connectivity index (χ2n) is 2.92. The Balaban J connectivity index is 2.94. The zero-order valence-corrected chi connectivity index (χ0v) is 8.29. The first-order valence-electron chi connectivity index (χ1n) is 4.05. The lowest BCUT2D eigenvalue weighted by Gasteiger charge is -2.29. The van der Waals surface area contributed by atoms with Gasteiger partial charge in [-0.3, -0.25) is 0 Å². The van der Waals surface area contributed by atoms with Gasteiger partial charge >= 0.3 is 0 Å². The average molecular weight is 183 g/mol. The molecule has 3 heteroatoms. The summed E-state index contributed by atoms with van der Waals surface area (Å²) >= 11 is 0. The topological polar surface area (TPSA) is 27.7 Å². The molecular weight excluding hydrogens is 168 g/mol. The standard InChI is InChI=1S/C10H15O3/c1-8-5-9(11-2)7-10(6-8,12-3)13-4/h6-7H,1,5H2,2-4H3. The Bertz CT molecular complexity index is 237. The fourth-order valence-corrected chi connectivity index (χ4v) is 1.33. The maximum Gasteiger partial charge on any atom is 0.211 e. The van der Waals surface area contributed by atoms with E-state index in [-0.39, 0.29) is 0 Å². The normalized spacial score (nSPS) is 20.6. The van der Waals surface area contributed by atoms with E-state index in [0.717, 1.165) is 11.3 Å². The molecule has 1 rings (SSSR count). The first kappa shape index (κ1) is 10.3. The van der Waals surface area contributed by atoms with Gasteiger partial charge in [0.1, 0.15) is 5.76 Å². The van der Waals surface area contributed by atoms with Gasteiger partial charge in [-0.25, -0.2) is 0 Å². The van der Waals surface area contributed by atoms with Crippen molar-refractivity contribution in [3.63, 3.8) is 0 Å². The molecule has 0 aliphatic heterocycles. The summed E-state index contributed by atoms with van der Waals surface area (Å²) in [5.41, 5.74) is 0.933. The summed E-state index contributed by atoms with van der Waals surface area (Å²) in [6, 6.07) is 0. The fourth-order valence-electron chi connectivity index (χ4n) is 1.33. The van der Waals surface area contributed by atoms with E-state index in [1.165, 1.54) is 0 Å². The Morgan fingerprint density at radius 1 is 1.23 bits per heavy atom. The zero-order chi connectivity index (χ0) is 9.90. The molecule has 0 N–H and O–H groups in total. The van der Waals surface area contributed by atoms with Crippen LogP contribution >= 0.6 is 0 Å². The van der Waals surface area contributed by atoms with Crippen LogP contribution in [-0.2, 0) is 14.2 Å². The molecule has 0 aromatic rings. The third-order valence-electron chi connectivity index (χ3n) is 2.07. The van der Waals surface area contributed by atoms with E-state index in [4.69, 9.17) is 14.2 Å². The highest BCUT2D eigenvalue weighted by Gasteiger charge is 2.28. The molecular formula is C10H15O3. The molecule has 1 radical (unpaired) electrons. The highest BCUT2D eigenvalue weighted by molar-refractivity contribution is 5.28. The van der Waals surface area contributed by atoms with E-state index in [1.807, 2.05) is 12.2 Å². The quantitative estimate of drug-likeness (QED) is 0.623. The van der Waals surface area contributed by atoms with E-state index >= 15 is 0 Å². The third kappa shape index (κ3) is 2.11. The van der Waals surface area contributed by atoms with Crippen LogP contribution < -0.4 is 0 Å². The summed E-state index contributed by atoms with van der Waals surface area (Å²) in [4.78, 5) is 0. The maximum atomic E-state index is 5.24. The number of ether oxygens (including phenoxy) is 3. The molecule has 3 nitrogen and oxygen atoms in total. The Hall–Kier alpha value is -0.800. The van der Waals surface area contributed by atoms with E-state index in [0.29, 0.717) is 6.42 Å². The number of allylic oxidation sites excluding steroid dienone is 1. The van der Waals surface area contributed by atoms with E-state index < -0.39 is 5.79 Å². The molecule has 0 heterocycles. The largest absolute Gasteiger partial charge is 0.501 e. The molecule has 13 heavy (non-hydrogen) atoms. The number of rotatable bonds is 3. The Morgan fingerprint density at radius 3 is 2.31 bits per heavy atom. The van der Waals surface area contributed by atoms with E-state index in [1.54, 1.807) is 21.3 Å². The summed E-state index contributed by atoms with van der Waals surface area (Å²) in [6.07, 6.45) is 4.36. The zero-order valence-electron chi connectivity index (χ0n) is 8.29. The van der Waals surface area contributed by atoms with Crippen LogP contribution in [0.25, 0.3) is 0 Å². The molecule has 73 valence electrons. The van der Waals surface area contributed by atoms with Crippen molar-refractivity contribution in [3.05, 3.63) is 30.4 Å². The van der Waals surface area contributed by atoms with Gasteiger partial charge in [-0.2, -0.15) is 0 Å². The van der Waals surface area contributed by atoms with Crippen molar-refractivity contribution in [2.45, 2.75) is 12.2 Å². The molecule has 0 aromatic heterocycles. The van der Waals surface area contributed by atoms with Gasteiger partial charge in [0.25, 0.3) is 0 Å². The van der Waals surface area contributed by atoms with Gasteiger partial charge in [0.2, 0.25) is 5.79 Å². The average Bonchev–Trinajstić information content (AvgIpc) is 2.16. The van der Waals surface area contributed by atoms with Gasteiger partial charge in [-0.05, 0) is 13.0 Å². The summed E-state index contributed by atoms with van der Waals surface area (Å²) in [7, 11) is 4.80. The summed E-state index contributed by atoms with van der Waals surface area (Å²) in [5.74, 6) is 0.0110. The minimum atomic E-state index is -0.805. The van der Waals surface area contributed by atoms with Gasteiger partial charge in [0, 0.05) is 26.7 Å². The second kappa shape index (κ2) is 3.94.